The fourth-order valence-electron chi connectivity index (χ4n) is 2.97. The molecule has 31 heavy (non-hydrogen) atoms. The fourth-order valence-corrected chi connectivity index (χ4v) is 4.26. The molecule has 162 valence electrons. The Kier molecular flexibility index (Phi) is 6.16. The van der Waals surface area contributed by atoms with Gasteiger partial charge in [0, 0.05) is 22.7 Å². The van der Waals surface area contributed by atoms with E-state index in [9.17, 15) is 8.42 Å². The van der Waals surface area contributed by atoms with Gasteiger partial charge >= 0.3 is 0 Å². The molecular weight excluding hydrogens is 438 g/mol. The number of rotatable bonds is 7. The second-order valence-corrected chi connectivity index (χ2v) is 9.20. The average molecular weight is 460 g/mol. The number of fused-ring (bicyclic) bond motifs is 1. The van der Waals surface area contributed by atoms with E-state index in [1.807, 2.05) is 24.5 Å². The molecule has 0 unspecified atom stereocenters. The van der Waals surface area contributed by atoms with Crippen molar-refractivity contribution in [3.05, 3.63) is 48.8 Å². The van der Waals surface area contributed by atoms with Crippen molar-refractivity contribution in [1.29, 1.82) is 0 Å². The Balaban J connectivity index is 1.57. The number of nitrogens with zero attached hydrogens (tertiary/aromatic N) is 2. The van der Waals surface area contributed by atoms with E-state index < -0.39 is 10.0 Å². The van der Waals surface area contributed by atoms with Crippen LogP contribution in [0.2, 0.25) is 0 Å². The van der Waals surface area contributed by atoms with Crippen LogP contribution in [-0.4, -0.2) is 44.9 Å². The van der Waals surface area contributed by atoms with Crippen molar-refractivity contribution in [1.82, 2.24) is 14.7 Å². The minimum atomic E-state index is -3.56. The Morgan fingerprint density at radius 2 is 1.68 bits per heavy atom. The third-order valence-corrected chi connectivity index (χ3v) is 6.70. The summed E-state index contributed by atoms with van der Waals surface area (Å²) in [5, 5.41) is 6.40. The van der Waals surface area contributed by atoms with E-state index in [1.165, 1.54) is 25.1 Å². The number of nitrogens with one attached hydrogen (secondary N) is 3. The highest BCUT2D eigenvalue weighted by atomic mass is 32.2. The van der Waals surface area contributed by atoms with E-state index in [-0.39, 0.29) is 4.90 Å². The first-order valence-corrected chi connectivity index (χ1v) is 12.1. The van der Waals surface area contributed by atoms with Gasteiger partial charge in [0.25, 0.3) is 0 Å². The topological polar surface area (TPSA) is 114 Å². The smallest absolute Gasteiger partial charge is 0.240 e. The number of sulfonamides is 1. The summed E-state index contributed by atoms with van der Waals surface area (Å²) in [5.74, 6) is 2.47. The average Bonchev–Trinajstić information content (AvgIpc) is 2.79. The van der Waals surface area contributed by atoms with Gasteiger partial charge in [-0.3, -0.25) is 0 Å². The molecule has 0 amide bonds. The largest absolute Gasteiger partial charge is 0.486 e. The zero-order valence-electron chi connectivity index (χ0n) is 16.9. The molecule has 2 aromatic carbocycles. The van der Waals surface area contributed by atoms with Crippen LogP contribution in [0.4, 0.5) is 23.0 Å². The zero-order valence-corrected chi connectivity index (χ0v) is 18.5. The van der Waals surface area contributed by atoms with Crippen LogP contribution in [0.25, 0.3) is 0 Å². The molecule has 0 saturated heterocycles. The zero-order chi connectivity index (χ0) is 21.8. The lowest BCUT2D eigenvalue weighted by Crippen LogP contribution is -2.18. The monoisotopic (exact) mass is 459 g/mol. The maximum Gasteiger partial charge on any atom is 0.240 e. The first-order chi connectivity index (χ1) is 15.0. The first kappa shape index (κ1) is 21.2. The predicted octanol–water partition coefficient (Wildman–Crippen LogP) is 3.37. The van der Waals surface area contributed by atoms with Gasteiger partial charge in [0.05, 0.1) is 10.6 Å². The minimum absolute atomic E-state index is 0.166. The maximum atomic E-state index is 12.2. The Hall–Kier alpha value is -3.02. The number of aromatic nitrogens is 2. The number of hydrogen-bond acceptors (Lipinski definition) is 9. The molecule has 3 aromatic rings. The highest BCUT2D eigenvalue weighted by Gasteiger charge is 2.15. The molecule has 4 rings (SSSR count). The highest BCUT2D eigenvalue weighted by molar-refractivity contribution is 7.98. The quantitative estimate of drug-likeness (QED) is 0.458. The van der Waals surface area contributed by atoms with E-state index in [0.29, 0.717) is 42.0 Å². The summed E-state index contributed by atoms with van der Waals surface area (Å²) in [4.78, 5) is 9.56. The predicted molar refractivity (Wildman–Crippen MR) is 120 cm³/mol. The highest BCUT2D eigenvalue weighted by Crippen LogP contribution is 2.34. The lowest BCUT2D eigenvalue weighted by atomic mass is 10.2. The molecule has 3 N–H and O–H groups in total. The third kappa shape index (κ3) is 4.84. The van der Waals surface area contributed by atoms with Crippen LogP contribution in [0.3, 0.4) is 0 Å². The van der Waals surface area contributed by atoms with Crippen LogP contribution in [0.1, 0.15) is 0 Å². The number of benzene rings is 2. The molecule has 0 saturated carbocycles. The van der Waals surface area contributed by atoms with E-state index >= 15 is 0 Å². The lowest BCUT2D eigenvalue weighted by molar-refractivity contribution is 0.171. The molecule has 11 heteroatoms. The fraction of sp³-hybridized carbons (Fsp3) is 0.200. The van der Waals surface area contributed by atoms with E-state index in [4.69, 9.17) is 9.47 Å². The lowest BCUT2D eigenvalue weighted by Gasteiger charge is -2.19. The molecule has 0 atom stereocenters. The minimum Gasteiger partial charge on any atom is -0.486 e. The molecule has 1 aromatic heterocycles. The van der Waals surface area contributed by atoms with Crippen molar-refractivity contribution in [2.75, 3.05) is 37.2 Å². The molecule has 0 spiro atoms. The summed E-state index contributed by atoms with van der Waals surface area (Å²) in [6.45, 7) is 1.05. The standard InChI is InChI=1S/C20H21N5O4S2/c1-21-31(26,27)14-4-6-18(30-2)15(10-14)25-20-11-19(22-12-23-20)24-13-3-5-16-17(9-13)29-8-7-28-16/h3-6,9-12,21H,7-8H2,1-2H3,(H2,22,23,24,25). The molecule has 0 aliphatic carbocycles. The van der Waals surface area contributed by atoms with E-state index in [0.717, 1.165) is 10.6 Å². The maximum absolute atomic E-state index is 12.2. The second kappa shape index (κ2) is 9.00. The molecule has 1 aliphatic heterocycles. The van der Waals surface area contributed by atoms with Crippen LogP contribution in [0.5, 0.6) is 11.5 Å². The molecule has 0 fully saturated rings. The summed E-state index contributed by atoms with van der Waals surface area (Å²) in [7, 11) is -2.18. The van der Waals surface area contributed by atoms with Crippen molar-refractivity contribution in [2.24, 2.45) is 0 Å². The number of hydrogen-bond donors (Lipinski definition) is 3. The molecule has 0 bridgehead atoms. The van der Waals surface area contributed by atoms with Gasteiger partial charge in [-0.05, 0) is 43.6 Å². The van der Waals surface area contributed by atoms with Gasteiger partial charge in [0.15, 0.2) is 11.5 Å². The Labute approximate surface area is 184 Å². The van der Waals surface area contributed by atoms with Gasteiger partial charge in [-0.15, -0.1) is 11.8 Å². The van der Waals surface area contributed by atoms with Gasteiger partial charge in [-0.25, -0.2) is 23.1 Å². The third-order valence-electron chi connectivity index (χ3n) is 4.49. The van der Waals surface area contributed by atoms with Crippen molar-refractivity contribution in [2.45, 2.75) is 9.79 Å². The van der Waals surface area contributed by atoms with Crippen molar-refractivity contribution < 1.29 is 17.9 Å². The number of ether oxygens (including phenoxy) is 2. The van der Waals surface area contributed by atoms with E-state index in [2.05, 4.69) is 25.3 Å². The van der Waals surface area contributed by atoms with Crippen LogP contribution in [0.15, 0.2) is 58.6 Å². The van der Waals surface area contributed by atoms with Crippen LogP contribution in [-0.2, 0) is 10.0 Å². The van der Waals surface area contributed by atoms with Crippen molar-refractivity contribution >= 4 is 44.8 Å². The van der Waals surface area contributed by atoms with E-state index in [1.54, 1.807) is 24.3 Å². The van der Waals surface area contributed by atoms with Crippen LogP contribution in [0, 0.1) is 0 Å². The van der Waals surface area contributed by atoms with Crippen LogP contribution < -0.4 is 24.8 Å². The summed E-state index contributed by atoms with van der Waals surface area (Å²) in [6, 6.07) is 12.2. The second-order valence-electron chi connectivity index (χ2n) is 6.47. The summed E-state index contributed by atoms with van der Waals surface area (Å²) < 4.78 is 37.8. The normalized spacial score (nSPS) is 13.0. The van der Waals surface area contributed by atoms with Crippen molar-refractivity contribution in [3.63, 3.8) is 0 Å². The van der Waals surface area contributed by atoms with Gasteiger partial charge in [-0.1, -0.05) is 0 Å². The number of thioether (sulfide) groups is 1. The molecular formula is C20H21N5O4S2. The van der Waals surface area contributed by atoms with Gasteiger partial charge in [0.1, 0.15) is 31.2 Å². The Morgan fingerprint density at radius 1 is 0.935 bits per heavy atom. The van der Waals surface area contributed by atoms with Gasteiger partial charge in [0.2, 0.25) is 10.0 Å². The summed E-state index contributed by atoms with van der Waals surface area (Å²) in [6.07, 6.45) is 3.34. The molecule has 1 aliphatic rings. The summed E-state index contributed by atoms with van der Waals surface area (Å²) in [5.41, 5.74) is 1.42. The summed E-state index contributed by atoms with van der Waals surface area (Å²) >= 11 is 1.50. The SMILES string of the molecule is CNS(=O)(=O)c1ccc(SC)c(Nc2cc(Nc3ccc4c(c3)OCCO4)ncn2)c1. The van der Waals surface area contributed by atoms with Crippen molar-refractivity contribution in [3.8, 4) is 11.5 Å². The molecule has 2 heterocycles. The first-order valence-electron chi connectivity index (χ1n) is 9.36. The molecule has 0 radical (unpaired) electrons. The number of anilines is 4. The molecule has 9 nitrogen and oxygen atoms in total. The Bertz CT molecular complexity index is 1200. The van der Waals surface area contributed by atoms with Crippen LogP contribution >= 0.6 is 11.8 Å². The Morgan fingerprint density at radius 3 is 2.42 bits per heavy atom. The van der Waals surface area contributed by atoms with Gasteiger partial charge < -0.3 is 20.1 Å². The van der Waals surface area contributed by atoms with Gasteiger partial charge in [-0.2, -0.15) is 0 Å².